The fourth-order valence-corrected chi connectivity index (χ4v) is 1.39. The Kier molecular flexibility index (Phi) is 3.98. The van der Waals surface area contributed by atoms with Crippen molar-refractivity contribution in [3.8, 4) is 5.75 Å². The summed E-state index contributed by atoms with van der Waals surface area (Å²) in [7, 11) is 0. The minimum atomic E-state index is -4.50. The predicted octanol–water partition coefficient (Wildman–Crippen LogP) is 3.13. The van der Waals surface area contributed by atoms with Crippen LogP contribution in [0.4, 0.5) is 13.2 Å². The molecule has 2 nitrogen and oxygen atoms in total. The summed E-state index contributed by atoms with van der Waals surface area (Å²) in [5.41, 5.74) is 4.61. The molecular formula is C11H12F3NOS. The van der Waals surface area contributed by atoms with Crippen LogP contribution < -0.4 is 10.5 Å². The van der Waals surface area contributed by atoms with Crippen LogP contribution in [0.5, 0.6) is 5.75 Å². The van der Waals surface area contributed by atoms with Gasteiger partial charge >= 0.3 is 6.18 Å². The van der Waals surface area contributed by atoms with Crippen molar-refractivity contribution >= 4 is 17.2 Å². The molecule has 0 saturated carbocycles. The summed E-state index contributed by atoms with van der Waals surface area (Å²) in [6.45, 7) is 3.31. The summed E-state index contributed by atoms with van der Waals surface area (Å²) in [5, 5.41) is 0. The van der Waals surface area contributed by atoms with Crippen molar-refractivity contribution in [1.82, 2.24) is 0 Å². The average molecular weight is 263 g/mol. The molecule has 0 atom stereocenters. The van der Waals surface area contributed by atoms with Crippen LogP contribution in [0.25, 0.3) is 0 Å². The molecule has 94 valence electrons. The van der Waals surface area contributed by atoms with Crippen molar-refractivity contribution in [2.45, 2.75) is 26.1 Å². The summed E-state index contributed by atoms with van der Waals surface area (Å²) in [5.74, 6) is -0.215. The first-order valence-corrected chi connectivity index (χ1v) is 5.30. The fourth-order valence-electron chi connectivity index (χ4n) is 1.26. The van der Waals surface area contributed by atoms with Crippen LogP contribution in [0.2, 0.25) is 0 Å². The van der Waals surface area contributed by atoms with Gasteiger partial charge in [0.1, 0.15) is 10.7 Å². The molecule has 17 heavy (non-hydrogen) atoms. The topological polar surface area (TPSA) is 35.2 Å². The summed E-state index contributed by atoms with van der Waals surface area (Å²) < 4.78 is 43.4. The first-order valence-electron chi connectivity index (χ1n) is 4.89. The third-order valence-corrected chi connectivity index (χ3v) is 2.17. The molecule has 6 heteroatoms. The summed E-state index contributed by atoms with van der Waals surface area (Å²) in [4.78, 5) is -0.0772. The lowest BCUT2D eigenvalue weighted by molar-refractivity contribution is -0.139. The van der Waals surface area contributed by atoms with E-state index >= 15 is 0 Å². The smallest absolute Gasteiger partial charge is 0.419 e. The zero-order valence-electron chi connectivity index (χ0n) is 9.34. The Balaban J connectivity index is 3.27. The number of ether oxygens (including phenoxy) is 1. The molecule has 0 aliphatic rings. The first kappa shape index (κ1) is 13.8. The number of hydrogen-bond donors (Lipinski definition) is 1. The van der Waals surface area contributed by atoms with Gasteiger partial charge in [-0.15, -0.1) is 0 Å². The summed E-state index contributed by atoms with van der Waals surface area (Å²) in [6.07, 6.45) is -4.84. The van der Waals surface area contributed by atoms with E-state index < -0.39 is 11.7 Å². The zero-order valence-corrected chi connectivity index (χ0v) is 10.2. The Labute approximate surface area is 103 Å². The van der Waals surface area contributed by atoms with E-state index in [2.05, 4.69) is 12.2 Å². The first-order chi connectivity index (χ1) is 7.71. The standard InChI is InChI=1S/C11H12F3NOS/c1-6(2)16-9-4-3-7(10(15)17)5-8(9)11(12,13)14/h3-6H,1-2H3,(H2,15,17). The van der Waals surface area contributed by atoms with Crippen molar-refractivity contribution < 1.29 is 17.9 Å². The van der Waals surface area contributed by atoms with Crippen LogP contribution >= 0.6 is 12.2 Å². The van der Waals surface area contributed by atoms with Gasteiger partial charge in [0.25, 0.3) is 0 Å². The van der Waals surface area contributed by atoms with Gasteiger partial charge < -0.3 is 10.5 Å². The molecule has 0 fully saturated rings. The lowest BCUT2D eigenvalue weighted by Gasteiger charge is -2.17. The van der Waals surface area contributed by atoms with Crippen molar-refractivity contribution in [2.24, 2.45) is 5.73 Å². The molecule has 0 aliphatic heterocycles. The number of alkyl halides is 3. The highest BCUT2D eigenvalue weighted by molar-refractivity contribution is 7.80. The molecule has 0 bridgehead atoms. The monoisotopic (exact) mass is 263 g/mol. The van der Waals surface area contributed by atoms with E-state index in [0.29, 0.717) is 0 Å². The third-order valence-electron chi connectivity index (χ3n) is 1.93. The maximum absolute atomic E-state index is 12.8. The Morgan fingerprint density at radius 3 is 2.35 bits per heavy atom. The van der Waals surface area contributed by atoms with E-state index in [1.54, 1.807) is 13.8 Å². The van der Waals surface area contributed by atoms with Crippen LogP contribution in [-0.4, -0.2) is 11.1 Å². The van der Waals surface area contributed by atoms with E-state index in [4.69, 9.17) is 10.5 Å². The summed E-state index contributed by atoms with van der Waals surface area (Å²) >= 11 is 4.65. The van der Waals surface area contributed by atoms with Crippen LogP contribution in [0, 0.1) is 0 Å². The number of nitrogens with two attached hydrogens (primary N) is 1. The molecule has 1 aromatic carbocycles. The van der Waals surface area contributed by atoms with E-state index in [0.717, 1.165) is 6.07 Å². The number of thiocarbonyl (C=S) groups is 1. The molecule has 2 N–H and O–H groups in total. The molecule has 0 heterocycles. The molecule has 1 aromatic rings. The highest BCUT2D eigenvalue weighted by Crippen LogP contribution is 2.37. The van der Waals surface area contributed by atoms with Gasteiger partial charge in [-0.3, -0.25) is 0 Å². The summed E-state index contributed by atoms with van der Waals surface area (Å²) in [6, 6.07) is 3.55. The number of rotatable bonds is 3. The van der Waals surface area contributed by atoms with Crippen molar-refractivity contribution in [3.63, 3.8) is 0 Å². The van der Waals surface area contributed by atoms with Crippen LogP contribution in [0.15, 0.2) is 18.2 Å². The third kappa shape index (κ3) is 3.59. The molecule has 0 aliphatic carbocycles. The fraction of sp³-hybridized carbons (Fsp3) is 0.364. The Morgan fingerprint density at radius 1 is 1.35 bits per heavy atom. The minimum absolute atomic E-state index is 0.0772. The van der Waals surface area contributed by atoms with Gasteiger partial charge in [0.15, 0.2) is 0 Å². The lowest BCUT2D eigenvalue weighted by Crippen LogP contribution is -2.16. The normalized spacial score (nSPS) is 11.6. The molecule has 0 saturated heterocycles. The highest BCUT2D eigenvalue weighted by atomic mass is 32.1. The van der Waals surface area contributed by atoms with Crippen LogP contribution in [-0.2, 0) is 6.18 Å². The molecule has 0 radical (unpaired) electrons. The second kappa shape index (κ2) is 4.91. The van der Waals surface area contributed by atoms with Gasteiger partial charge in [0.05, 0.1) is 11.7 Å². The molecular weight excluding hydrogens is 251 g/mol. The minimum Gasteiger partial charge on any atom is -0.490 e. The van der Waals surface area contributed by atoms with E-state index in [9.17, 15) is 13.2 Å². The van der Waals surface area contributed by atoms with Crippen molar-refractivity contribution in [1.29, 1.82) is 0 Å². The molecule has 1 rings (SSSR count). The Morgan fingerprint density at radius 2 is 1.94 bits per heavy atom. The van der Waals surface area contributed by atoms with Gasteiger partial charge in [0, 0.05) is 5.56 Å². The second-order valence-electron chi connectivity index (χ2n) is 3.74. The van der Waals surface area contributed by atoms with E-state index in [-0.39, 0.29) is 22.4 Å². The Bertz CT molecular complexity index is 429. The largest absolute Gasteiger partial charge is 0.490 e. The van der Waals surface area contributed by atoms with Gasteiger partial charge in [0.2, 0.25) is 0 Å². The molecule has 0 amide bonds. The lowest BCUT2D eigenvalue weighted by atomic mass is 10.1. The number of hydrogen-bond acceptors (Lipinski definition) is 2. The van der Waals surface area contributed by atoms with Gasteiger partial charge in [-0.05, 0) is 32.0 Å². The number of benzene rings is 1. The van der Waals surface area contributed by atoms with Crippen LogP contribution in [0.1, 0.15) is 25.0 Å². The van der Waals surface area contributed by atoms with Crippen molar-refractivity contribution in [3.05, 3.63) is 29.3 Å². The second-order valence-corrected chi connectivity index (χ2v) is 4.18. The highest BCUT2D eigenvalue weighted by Gasteiger charge is 2.35. The van der Waals surface area contributed by atoms with Gasteiger partial charge in [-0.1, -0.05) is 12.2 Å². The average Bonchev–Trinajstić information content (AvgIpc) is 2.15. The SMILES string of the molecule is CC(C)Oc1ccc(C(N)=S)cc1C(F)(F)F. The van der Waals surface area contributed by atoms with Gasteiger partial charge in [-0.2, -0.15) is 13.2 Å². The quantitative estimate of drug-likeness (QED) is 0.851. The molecule has 0 aromatic heterocycles. The van der Waals surface area contributed by atoms with Gasteiger partial charge in [-0.25, -0.2) is 0 Å². The Hall–Kier alpha value is -1.30. The van der Waals surface area contributed by atoms with E-state index in [1.165, 1.54) is 12.1 Å². The number of halogens is 3. The van der Waals surface area contributed by atoms with E-state index in [1.807, 2.05) is 0 Å². The van der Waals surface area contributed by atoms with Crippen molar-refractivity contribution in [2.75, 3.05) is 0 Å². The predicted molar refractivity (Wildman–Crippen MR) is 63.1 cm³/mol. The maximum Gasteiger partial charge on any atom is 0.419 e. The molecule has 0 spiro atoms. The van der Waals surface area contributed by atoms with Crippen LogP contribution in [0.3, 0.4) is 0 Å². The molecule has 0 unspecified atom stereocenters. The maximum atomic E-state index is 12.8. The zero-order chi connectivity index (χ0) is 13.2.